The number of anilines is 2. The van der Waals surface area contributed by atoms with Gasteiger partial charge < -0.3 is 24.2 Å². The standard InChI is InChI=1S/C22H22FN3O4/c1-2-29-18-9-7-17(8-10-18)24-21(27)19-20(15-3-5-16(23)6-4-15)25-30-22(19)26-11-13-28-14-12-26/h3-10H,2,11-14H2,1H3,(H,24,27). The topological polar surface area (TPSA) is 76.8 Å². The highest BCUT2D eigenvalue weighted by atomic mass is 19.1. The Morgan fingerprint density at radius 2 is 1.83 bits per heavy atom. The van der Waals surface area contributed by atoms with Crippen molar-refractivity contribution < 1.29 is 23.2 Å². The Balaban J connectivity index is 1.66. The fraction of sp³-hybridized carbons (Fsp3) is 0.273. The predicted molar refractivity (Wildman–Crippen MR) is 110 cm³/mol. The average molecular weight is 411 g/mol. The Bertz CT molecular complexity index is 996. The Hall–Kier alpha value is -3.39. The first-order chi connectivity index (χ1) is 14.7. The number of nitrogens with one attached hydrogen (secondary N) is 1. The molecule has 0 atom stereocenters. The van der Waals surface area contributed by atoms with Crippen molar-refractivity contribution in [2.45, 2.75) is 6.92 Å². The molecular weight excluding hydrogens is 389 g/mol. The Labute approximate surface area is 173 Å². The summed E-state index contributed by atoms with van der Waals surface area (Å²) in [6.45, 7) is 4.71. The number of rotatable bonds is 6. The van der Waals surface area contributed by atoms with E-state index < -0.39 is 0 Å². The van der Waals surface area contributed by atoms with Crippen LogP contribution < -0.4 is 15.0 Å². The van der Waals surface area contributed by atoms with Gasteiger partial charge in [0.2, 0.25) is 5.88 Å². The summed E-state index contributed by atoms with van der Waals surface area (Å²) in [7, 11) is 0. The third kappa shape index (κ3) is 4.28. The quantitative estimate of drug-likeness (QED) is 0.662. The Morgan fingerprint density at radius 3 is 2.50 bits per heavy atom. The molecule has 3 aromatic rings. The molecule has 1 aromatic heterocycles. The molecule has 0 aliphatic carbocycles. The van der Waals surface area contributed by atoms with Crippen LogP contribution in [0.2, 0.25) is 0 Å². The van der Waals surface area contributed by atoms with Crippen LogP contribution in [0.25, 0.3) is 11.3 Å². The first-order valence-electron chi connectivity index (χ1n) is 9.78. The molecule has 0 spiro atoms. The van der Waals surface area contributed by atoms with Crippen LogP contribution in [0.4, 0.5) is 16.0 Å². The summed E-state index contributed by atoms with van der Waals surface area (Å²) in [6.07, 6.45) is 0. The zero-order chi connectivity index (χ0) is 20.9. The highest BCUT2D eigenvalue weighted by Crippen LogP contribution is 2.32. The van der Waals surface area contributed by atoms with Crippen LogP contribution in [0, 0.1) is 5.82 Å². The summed E-state index contributed by atoms with van der Waals surface area (Å²) in [5, 5.41) is 7.02. The van der Waals surface area contributed by atoms with Gasteiger partial charge in [-0.2, -0.15) is 0 Å². The minimum absolute atomic E-state index is 0.303. The van der Waals surface area contributed by atoms with Gasteiger partial charge in [0, 0.05) is 24.3 Å². The van der Waals surface area contributed by atoms with Gasteiger partial charge in [-0.05, 0) is 55.5 Å². The summed E-state index contributed by atoms with van der Waals surface area (Å²) in [4.78, 5) is 15.2. The number of nitrogens with zero attached hydrogens (tertiary/aromatic N) is 2. The van der Waals surface area contributed by atoms with Gasteiger partial charge in [0.25, 0.3) is 5.91 Å². The predicted octanol–water partition coefficient (Wildman–Crippen LogP) is 3.97. The molecule has 1 N–H and O–H groups in total. The van der Waals surface area contributed by atoms with E-state index in [0.717, 1.165) is 5.75 Å². The van der Waals surface area contributed by atoms with E-state index in [1.54, 1.807) is 36.4 Å². The maximum Gasteiger partial charge on any atom is 0.263 e. The van der Waals surface area contributed by atoms with Crippen molar-refractivity contribution in [3.63, 3.8) is 0 Å². The first-order valence-corrected chi connectivity index (χ1v) is 9.78. The van der Waals surface area contributed by atoms with E-state index in [9.17, 15) is 9.18 Å². The number of ether oxygens (including phenoxy) is 2. The molecule has 0 unspecified atom stereocenters. The molecular formula is C22H22FN3O4. The van der Waals surface area contributed by atoms with E-state index in [-0.39, 0.29) is 11.7 Å². The fourth-order valence-electron chi connectivity index (χ4n) is 3.27. The van der Waals surface area contributed by atoms with Crippen molar-refractivity contribution in [1.29, 1.82) is 0 Å². The van der Waals surface area contributed by atoms with E-state index in [1.807, 2.05) is 11.8 Å². The lowest BCUT2D eigenvalue weighted by Crippen LogP contribution is -2.37. The summed E-state index contributed by atoms with van der Waals surface area (Å²) in [5.74, 6) is 0.375. The van der Waals surface area contributed by atoms with E-state index in [0.29, 0.717) is 61.3 Å². The van der Waals surface area contributed by atoms with Crippen LogP contribution in [0.1, 0.15) is 17.3 Å². The lowest BCUT2D eigenvalue weighted by atomic mass is 10.1. The number of benzene rings is 2. The van der Waals surface area contributed by atoms with Crippen molar-refractivity contribution >= 4 is 17.5 Å². The van der Waals surface area contributed by atoms with Gasteiger partial charge in [-0.1, -0.05) is 5.16 Å². The van der Waals surface area contributed by atoms with E-state index in [4.69, 9.17) is 14.0 Å². The van der Waals surface area contributed by atoms with E-state index >= 15 is 0 Å². The zero-order valence-electron chi connectivity index (χ0n) is 16.6. The van der Waals surface area contributed by atoms with Gasteiger partial charge in [-0.25, -0.2) is 4.39 Å². The van der Waals surface area contributed by atoms with Gasteiger partial charge in [0.05, 0.1) is 19.8 Å². The van der Waals surface area contributed by atoms with Gasteiger partial charge in [0.1, 0.15) is 22.8 Å². The third-order valence-corrected chi connectivity index (χ3v) is 4.74. The molecule has 1 aliphatic rings. The van der Waals surface area contributed by atoms with Crippen LogP contribution >= 0.6 is 0 Å². The zero-order valence-corrected chi connectivity index (χ0v) is 16.6. The number of carbonyl (C=O) groups is 1. The lowest BCUT2D eigenvalue weighted by molar-refractivity contribution is 0.102. The number of carbonyl (C=O) groups excluding carboxylic acids is 1. The van der Waals surface area contributed by atoms with Crippen LogP contribution in [0.3, 0.4) is 0 Å². The van der Waals surface area contributed by atoms with Gasteiger partial charge in [-0.15, -0.1) is 0 Å². The molecule has 1 fully saturated rings. The van der Waals surface area contributed by atoms with Gasteiger partial charge >= 0.3 is 0 Å². The van der Waals surface area contributed by atoms with E-state index in [1.165, 1.54) is 12.1 Å². The molecule has 4 rings (SSSR count). The second-order valence-corrected chi connectivity index (χ2v) is 6.73. The largest absolute Gasteiger partial charge is 0.494 e. The fourth-order valence-corrected chi connectivity index (χ4v) is 3.27. The number of amides is 1. The molecule has 1 aliphatic heterocycles. The minimum Gasteiger partial charge on any atom is -0.494 e. The number of morpholine rings is 1. The maximum absolute atomic E-state index is 13.4. The Kier molecular flexibility index (Phi) is 5.94. The number of hydrogen-bond acceptors (Lipinski definition) is 6. The molecule has 156 valence electrons. The summed E-state index contributed by atoms with van der Waals surface area (Å²) in [5.41, 5.74) is 1.87. The molecule has 30 heavy (non-hydrogen) atoms. The van der Waals surface area contributed by atoms with Crippen molar-refractivity contribution in [1.82, 2.24) is 5.16 Å². The maximum atomic E-state index is 13.4. The van der Waals surface area contributed by atoms with E-state index in [2.05, 4.69) is 10.5 Å². The molecule has 1 saturated heterocycles. The molecule has 8 heteroatoms. The molecule has 7 nitrogen and oxygen atoms in total. The van der Waals surface area contributed by atoms with Crippen molar-refractivity contribution in [3.8, 4) is 17.0 Å². The normalized spacial score (nSPS) is 13.9. The van der Waals surface area contributed by atoms with Crippen molar-refractivity contribution in [2.24, 2.45) is 0 Å². The number of hydrogen-bond donors (Lipinski definition) is 1. The molecule has 2 heterocycles. The lowest BCUT2D eigenvalue weighted by Gasteiger charge is -2.26. The molecule has 0 bridgehead atoms. The second kappa shape index (κ2) is 8.96. The van der Waals surface area contributed by atoms with Gasteiger partial charge in [-0.3, -0.25) is 4.79 Å². The summed E-state index contributed by atoms with van der Waals surface area (Å²) < 4.78 is 29.8. The molecule has 0 saturated carbocycles. The number of aromatic nitrogens is 1. The van der Waals surface area contributed by atoms with Crippen molar-refractivity contribution in [3.05, 3.63) is 59.9 Å². The van der Waals surface area contributed by atoms with Crippen LogP contribution in [0.15, 0.2) is 53.1 Å². The number of halogens is 1. The molecule has 1 amide bonds. The second-order valence-electron chi connectivity index (χ2n) is 6.73. The molecule has 0 radical (unpaired) electrons. The van der Waals surface area contributed by atoms with Crippen molar-refractivity contribution in [2.75, 3.05) is 43.1 Å². The van der Waals surface area contributed by atoms with Crippen LogP contribution in [0.5, 0.6) is 5.75 Å². The highest BCUT2D eigenvalue weighted by Gasteiger charge is 2.29. The molecule has 2 aromatic carbocycles. The van der Waals surface area contributed by atoms with Crippen LogP contribution in [-0.4, -0.2) is 44.0 Å². The average Bonchev–Trinajstić information content (AvgIpc) is 3.22. The van der Waals surface area contributed by atoms with Crippen LogP contribution in [-0.2, 0) is 4.74 Å². The third-order valence-electron chi connectivity index (χ3n) is 4.74. The summed E-state index contributed by atoms with van der Waals surface area (Å²) in [6, 6.07) is 12.9. The monoisotopic (exact) mass is 411 g/mol. The van der Waals surface area contributed by atoms with Gasteiger partial charge in [0.15, 0.2) is 0 Å². The highest BCUT2D eigenvalue weighted by molar-refractivity contribution is 6.11. The smallest absolute Gasteiger partial charge is 0.263 e. The first kappa shape index (κ1) is 19.9. The SMILES string of the molecule is CCOc1ccc(NC(=O)c2c(-c3ccc(F)cc3)noc2N2CCOCC2)cc1. The summed E-state index contributed by atoms with van der Waals surface area (Å²) >= 11 is 0. The minimum atomic E-state index is -0.365. The Morgan fingerprint density at radius 1 is 1.13 bits per heavy atom.